The summed E-state index contributed by atoms with van der Waals surface area (Å²) >= 11 is 0. The van der Waals surface area contributed by atoms with Crippen LogP contribution in [0.3, 0.4) is 0 Å². The molecular formula is C20H23N5O2. The summed E-state index contributed by atoms with van der Waals surface area (Å²) in [7, 11) is 3.45. The Balaban J connectivity index is 1.50. The highest BCUT2D eigenvalue weighted by Crippen LogP contribution is 2.41. The highest BCUT2D eigenvalue weighted by Gasteiger charge is 2.33. The maximum Gasteiger partial charge on any atom is 0.257 e. The summed E-state index contributed by atoms with van der Waals surface area (Å²) in [6, 6.07) is 7.70. The van der Waals surface area contributed by atoms with Crippen LogP contribution in [-0.2, 0) is 6.54 Å². The van der Waals surface area contributed by atoms with Gasteiger partial charge in [-0.2, -0.15) is 10.2 Å². The molecule has 4 rings (SSSR count). The second-order valence-corrected chi connectivity index (χ2v) is 7.04. The summed E-state index contributed by atoms with van der Waals surface area (Å²) < 4.78 is 7.05. The molecule has 0 aliphatic heterocycles. The van der Waals surface area contributed by atoms with Gasteiger partial charge in [-0.25, -0.2) is 4.68 Å². The molecule has 7 heteroatoms. The van der Waals surface area contributed by atoms with Crippen LogP contribution in [0.1, 0.15) is 46.1 Å². The molecule has 1 aliphatic rings. The van der Waals surface area contributed by atoms with Crippen LogP contribution >= 0.6 is 0 Å². The van der Waals surface area contributed by atoms with Gasteiger partial charge in [0.2, 0.25) is 0 Å². The maximum absolute atomic E-state index is 13.0. The number of benzene rings is 1. The van der Waals surface area contributed by atoms with Crippen molar-refractivity contribution in [3.8, 4) is 11.4 Å². The fraction of sp³-hybridized carbons (Fsp3) is 0.350. The molecule has 27 heavy (non-hydrogen) atoms. The number of methoxy groups -OCH3 is 1. The topological polar surface area (TPSA) is 76.0 Å². The van der Waals surface area contributed by atoms with Gasteiger partial charge >= 0.3 is 0 Å². The molecule has 0 saturated heterocycles. The van der Waals surface area contributed by atoms with Crippen LogP contribution in [0.4, 0.5) is 0 Å². The first-order valence-corrected chi connectivity index (χ1v) is 9.05. The second kappa shape index (κ2) is 6.90. The van der Waals surface area contributed by atoms with Gasteiger partial charge < -0.3 is 9.64 Å². The molecule has 140 valence electrons. The van der Waals surface area contributed by atoms with E-state index in [-0.39, 0.29) is 5.91 Å². The number of aryl methyl sites for hydroxylation is 1. The van der Waals surface area contributed by atoms with Crippen LogP contribution in [0, 0.1) is 6.92 Å². The number of rotatable bonds is 6. The molecule has 0 unspecified atom stereocenters. The second-order valence-electron chi connectivity index (χ2n) is 7.04. The standard InChI is InChI=1S/C20H23N5O2/c1-13-18(19(23-22-13)15-7-8-15)20(26)24(2)11-14-10-21-25(12-14)16-5-4-6-17(9-16)27-3/h4-6,9-10,12,15H,7-8,11H2,1-3H3,(H,22,23). The van der Waals surface area contributed by atoms with Crippen molar-refractivity contribution in [3.63, 3.8) is 0 Å². The molecule has 1 amide bonds. The lowest BCUT2D eigenvalue weighted by molar-refractivity contribution is 0.0783. The van der Waals surface area contributed by atoms with E-state index in [4.69, 9.17) is 4.74 Å². The fourth-order valence-electron chi connectivity index (χ4n) is 3.24. The largest absolute Gasteiger partial charge is 0.497 e. The van der Waals surface area contributed by atoms with Crippen molar-refractivity contribution in [3.05, 3.63) is 59.2 Å². The van der Waals surface area contributed by atoms with E-state index >= 15 is 0 Å². The number of hydrogen-bond donors (Lipinski definition) is 1. The number of aromatic nitrogens is 4. The van der Waals surface area contributed by atoms with E-state index in [2.05, 4.69) is 15.3 Å². The van der Waals surface area contributed by atoms with E-state index < -0.39 is 0 Å². The predicted molar refractivity (Wildman–Crippen MR) is 101 cm³/mol. The Morgan fingerprint density at radius 1 is 1.41 bits per heavy atom. The first kappa shape index (κ1) is 17.3. The minimum Gasteiger partial charge on any atom is -0.497 e. The van der Waals surface area contributed by atoms with Crippen molar-refractivity contribution in [1.82, 2.24) is 24.9 Å². The number of amides is 1. The summed E-state index contributed by atoms with van der Waals surface area (Å²) in [5.41, 5.74) is 4.34. The van der Waals surface area contributed by atoms with E-state index in [1.54, 1.807) is 22.9 Å². The van der Waals surface area contributed by atoms with Crippen LogP contribution in [-0.4, -0.2) is 44.9 Å². The molecule has 0 spiro atoms. The zero-order valence-electron chi connectivity index (χ0n) is 15.8. The van der Waals surface area contributed by atoms with Crippen molar-refractivity contribution in [2.45, 2.75) is 32.2 Å². The summed E-state index contributed by atoms with van der Waals surface area (Å²) in [4.78, 5) is 14.7. The van der Waals surface area contributed by atoms with Gasteiger partial charge in [-0.05, 0) is 31.9 Å². The van der Waals surface area contributed by atoms with Crippen LogP contribution in [0.15, 0.2) is 36.7 Å². The Kier molecular flexibility index (Phi) is 4.43. The number of hydrogen-bond acceptors (Lipinski definition) is 4. The number of ether oxygens (including phenoxy) is 1. The maximum atomic E-state index is 13.0. The smallest absolute Gasteiger partial charge is 0.257 e. The summed E-state index contributed by atoms with van der Waals surface area (Å²) in [6.07, 6.45) is 5.94. The SMILES string of the molecule is COc1cccc(-n2cc(CN(C)C(=O)c3c(C4CC4)n[nH]c3C)cn2)c1. The van der Waals surface area contributed by atoms with Gasteiger partial charge in [-0.15, -0.1) is 0 Å². The number of nitrogens with zero attached hydrogens (tertiary/aromatic N) is 4. The van der Waals surface area contributed by atoms with E-state index in [9.17, 15) is 4.79 Å². The first-order valence-electron chi connectivity index (χ1n) is 9.05. The zero-order chi connectivity index (χ0) is 19.0. The summed E-state index contributed by atoms with van der Waals surface area (Å²) in [5.74, 6) is 1.20. The third-order valence-electron chi connectivity index (χ3n) is 4.87. The molecule has 0 atom stereocenters. The van der Waals surface area contributed by atoms with Crippen molar-refractivity contribution >= 4 is 5.91 Å². The molecule has 1 N–H and O–H groups in total. The summed E-state index contributed by atoms with van der Waals surface area (Å²) in [6.45, 7) is 2.39. The van der Waals surface area contributed by atoms with Crippen LogP contribution in [0.2, 0.25) is 0 Å². The molecule has 2 aromatic heterocycles. The molecule has 2 heterocycles. The molecule has 3 aromatic rings. The zero-order valence-corrected chi connectivity index (χ0v) is 15.8. The molecule has 0 bridgehead atoms. The van der Waals surface area contributed by atoms with Gasteiger partial charge in [0.25, 0.3) is 5.91 Å². The number of H-pyrrole nitrogens is 1. The quantitative estimate of drug-likeness (QED) is 0.728. The van der Waals surface area contributed by atoms with Crippen molar-refractivity contribution < 1.29 is 9.53 Å². The van der Waals surface area contributed by atoms with Crippen LogP contribution in [0.25, 0.3) is 5.69 Å². The van der Waals surface area contributed by atoms with Crippen molar-refractivity contribution in [1.29, 1.82) is 0 Å². The normalized spacial score (nSPS) is 13.6. The van der Waals surface area contributed by atoms with Crippen LogP contribution < -0.4 is 4.74 Å². The van der Waals surface area contributed by atoms with E-state index in [0.717, 1.165) is 46.8 Å². The third kappa shape index (κ3) is 3.45. The van der Waals surface area contributed by atoms with Crippen molar-refractivity contribution in [2.24, 2.45) is 0 Å². The predicted octanol–water partition coefficient (Wildman–Crippen LogP) is 3.06. The molecule has 7 nitrogen and oxygen atoms in total. The molecule has 0 radical (unpaired) electrons. The monoisotopic (exact) mass is 365 g/mol. The van der Waals surface area contributed by atoms with Gasteiger partial charge in [0.15, 0.2) is 0 Å². The van der Waals surface area contributed by atoms with Gasteiger partial charge in [0.1, 0.15) is 5.75 Å². The summed E-state index contributed by atoms with van der Waals surface area (Å²) in [5, 5.41) is 11.7. The lowest BCUT2D eigenvalue weighted by Crippen LogP contribution is -2.27. The molecule has 1 fully saturated rings. The van der Waals surface area contributed by atoms with Crippen LogP contribution in [0.5, 0.6) is 5.75 Å². The van der Waals surface area contributed by atoms with E-state index in [0.29, 0.717) is 12.5 Å². The van der Waals surface area contributed by atoms with Gasteiger partial charge in [-0.1, -0.05) is 6.07 Å². The van der Waals surface area contributed by atoms with E-state index in [1.807, 2.05) is 44.4 Å². The Morgan fingerprint density at radius 2 is 2.22 bits per heavy atom. The number of aromatic amines is 1. The number of carbonyl (C=O) groups is 1. The Hall–Kier alpha value is -3.09. The third-order valence-corrected chi connectivity index (χ3v) is 4.87. The molecule has 1 aromatic carbocycles. The minimum absolute atomic E-state index is 0.00252. The van der Waals surface area contributed by atoms with Crippen molar-refractivity contribution in [2.75, 3.05) is 14.2 Å². The average molecular weight is 365 g/mol. The molecule has 1 aliphatic carbocycles. The first-order chi connectivity index (χ1) is 13.1. The van der Waals surface area contributed by atoms with Gasteiger partial charge in [0.05, 0.1) is 30.3 Å². The molecule has 1 saturated carbocycles. The minimum atomic E-state index is -0.00252. The Bertz CT molecular complexity index is 970. The number of carbonyl (C=O) groups excluding carboxylic acids is 1. The average Bonchev–Trinajstić information content (AvgIpc) is 3.30. The fourth-order valence-corrected chi connectivity index (χ4v) is 3.24. The molecular weight excluding hydrogens is 342 g/mol. The van der Waals surface area contributed by atoms with Gasteiger partial charge in [-0.3, -0.25) is 9.89 Å². The Morgan fingerprint density at radius 3 is 2.96 bits per heavy atom. The van der Waals surface area contributed by atoms with E-state index in [1.165, 1.54) is 0 Å². The number of nitrogens with one attached hydrogen (secondary N) is 1. The lowest BCUT2D eigenvalue weighted by Gasteiger charge is -2.16. The Labute approximate surface area is 157 Å². The van der Waals surface area contributed by atoms with Gasteiger partial charge in [0, 0.05) is 43.0 Å². The lowest BCUT2D eigenvalue weighted by atomic mass is 10.1. The highest BCUT2D eigenvalue weighted by molar-refractivity contribution is 5.96. The highest BCUT2D eigenvalue weighted by atomic mass is 16.5.